The lowest BCUT2D eigenvalue weighted by molar-refractivity contribution is 0.464. The lowest BCUT2D eigenvalue weighted by atomic mass is 9.95. The van der Waals surface area contributed by atoms with Crippen molar-refractivity contribution in [1.29, 1.82) is 5.26 Å². The van der Waals surface area contributed by atoms with Crippen molar-refractivity contribution in [2.75, 3.05) is 11.1 Å². The van der Waals surface area contributed by atoms with Gasteiger partial charge in [-0.15, -0.1) is 0 Å². The van der Waals surface area contributed by atoms with E-state index < -0.39 is 10.8 Å². The van der Waals surface area contributed by atoms with Crippen LogP contribution < -0.4 is 5.32 Å². The molecule has 0 radical (unpaired) electrons. The first-order valence-corrected chi connectivity index (χ1v) is 8.12. The van der Waals surface area contributed by atoms with E-state index in [-0.39, 0.29) is 0 Å². The van der Waals surface area contributed by atoms with Gasteiger partial charge in [0.2, 0.25) is 0 Å². The molecule has 4 nitrogen and oxygen atoms in total. The highest BCUT2D eigenvalue weighted by molar-refractivity contribution is 7.85. The van der Waals surface area contributed by atoms with Crippen molar-refractivity contribution in [2.24, 2.45) is 0 Å². The van der Waals surface area contributed by atoms with Crippen LogP contribution in [0.2, 0.25) is 0 Å². The zero-order valence-corrected chi connectivity index (χ0v) is 11.9. The maximum atomic E-state index is 11.9. The predicted molar refractivity (Wildman–Crippen MR) is 77.3 cm³/mol. The molecule has 0 spiro atoms. The summed E-state index contributed by atoms with van der Waals surface area (Å²) in [5.74, 6) is 1.48. The average Bonchev–Trinajstić information content (AvgIpc) is 2.47. The molecule has 1 heterocycles. The summed E-state index contributed by atoms with van der Waals surface area (Å²) in [4.78, 5) is 4.23. The second-order valence-electron chi connectivity index (χ2n) is 4.82. The van der Waals surface area contributed by atoms with Crippen LogP contribution in [0.5, 0.6) is 0 Å². The first-order chi connectivity index (χ1) is 9.22. The lowest BCUT2D eigenvalue weighted by Gasteiger charge is -2.29. The van der Waals surface area contributed by atoms with Crippen molar-refractivity contribution in [1.82, 2.24) is 4.98 Å². The fourth-order valence-electron chi connectivity index (χ4n) is 2.54. The Kier molecular flexibility index (Phi) is 4.92. The molecule has 0 saturated heterocycles. The summed E-state index contributed by atoms with van der Waals surface area (Å²) in [6, 6.07) is 7.76. The monoisotopic (exact) mass is 277 g/mol. The minimum atomic E-state index is -0.711. The Labute approximate surface area is 116 Å². The molecular weight excluding hydrogens is 258 g/mol. The van der Waals surface area contributed by atoms with E-state index in [4.69, 9.17) is 5.26 Å². The van der Waals surface area contributed by atoms with Gasteiger partial charge in [0.1, 0.15) is 17.6 Å². The van der Waals surface area contributed by atoms with Gasteiger partial charge in [-0.3, -0.25) is 4.21 Å². The number of anilines is 1. The van der Waals surface area contributed by atoms with Gasteiger partial charge in [0.25, 0.3) is 0 Å². The summed E-state index contributed by atoms with van der Waals surface area (Å²) in [5.41, 5.74) is 0.425. The minimum Gasteiger partial charge on any atom is -0.367 e. The zero-order chi connectivity index (χ0) is 13.7. The first-order valence-electron chi connectivity index (χ1n) is 6.73. The van der Waals surface area contributed by atoms with Gasteiger partial charge in [-0.25, -0.2) is 4.98 Å². The number of hydrogen-bond acceptors (Lipinski definition) is 4. The Morgan fingerprint density at radius 1 is 1.53 bits per heavy atom. The summed E-state index contributed by atoms with van der Waals surface area (Å²) in [5, 5.41) is 12.5. The summed E-state index contributed by atoms with van der Waals surface area (Å²) in [6.45, 7) is 1.98. The van der Waals surface area contributed by atoms with Crippen LogP contribution in [0.4, 0.5) is 5.82 Å². The van der Waals surface area contributed by atoms with E-state index in [2.05, 4.69) is 10.3 Å². The molecule has 3 atom stereocenters. The van der Waals surface area contributed by atoms with Gasteiger partial charge < -0.3 is 5.32 Å². The highest BCUT2D eigenvalue weighted by Crippen LogP contribution is 2.25. The van der Waals surface area contributed by atoms with Gasteiger partial charge >= 0.3 is 0 Å². The van der Waals surface area contributed by atoms with Gasteiger partial charge in [0.05, 0.1) is 0 Å². The quantitative estimate of drug-likeness (QED) is 0.918. The number of rotatable bonds is 4. The maximum absolute atomic E-state index is 11.9. The maximum Gasteiger partial charge on any atom is 0.142 e. The highest BCUT2D eigenvalue weighted by atomic mass is 32.2. The van der Waals surface area contributed by atoms with Crippen LogP contribution in [-0.2, 0) is 10.8 Å². The van der Waals surface area contributed by atoms with Crippen molar-refractivity contribution in [3.05, 3.63) is 23.9 Å². The van der Waals surface area contributed by atoms with E-state index in [0.29, 0.717) is 17.0 Å². The van der Waals surface area contributed by atoms with Crippen LogP contribution in [0.3, 0.4) is 0 Å². The van der Waals surface area contributed by atoms with Crippen molar-refractivity contribution in [3.8, 4) is 6.07 Å². The van der Waals surface area contributed by atoms with Gasteiger partial charge in [-0.05, 0) is 31.4 Å². The largest absolute Gasteiger partial charge is 0.367 e. The minimum absolute atomic E-state index is 0.301. The molecule has 1 saturated carbocycles. The van der Waals surface area contributed by atoms with E-state index in [1.54, 1.807) is 6.07 Å². The molecule has 1 aliphatic carbocycles. The molecule has 1 aromatic rings. The summed E-state index contributed by atoms with van der Waals surface area (Å²) >= 11 is 0. The molecule has 1 N–H and O–H groups in total. The standard InChI is InChI=1S/C14H19N3OS/c1-2-19(18)13-7-3-5-11(9-13)16-14-8-4-6-12(10-15)17-14/h4,6,8,11,13H,2-3,5,7,9H2,1H3,(H,16,17)/t11-,13+,19+/m1/s1. The van der Waals surface area contributed by atoms with Crippen LogP contribution in [0.25, 0.3) is 0 Å². The van der Waals surface area contributed by atoms with Gasteiger partial charge in [-0.2, -0.15) is 5.26 Å². The van der Waals surface area contributed by atoms with E-state index in [9.17, 15) is 4.21 Å². The molecule has 5 heteroatoms. The molecule has 1 fully saturated rings. The fraction of sp³-hybridized carbons (Fsp3) is 0.571. The predicted octanol–water partition coefficient (Wildman–Crippen LogP) is 2.44. The highest BCUT2D eigenvalue weighted by Gasteiger charge is 2.25. The second kappa shape index (κ2) is 6.67. The van der Waals surface area contributed by atoms with E-state index >= 15 is 0 Å². The number of nitriles is 1. The molecule has 0 unspecified atom stereocenters. The Morgan fingerprint density at radius 3 is 3.11 bits per heavy atom. The Morgan fingerprint density at radius 2 is 2.37 bits per heavy atom. The number of aromatic nitrogens is 1. The number of hydrogen-bond donors (Lipinski definition) is 1. The Balaban J connectivity index is 1.98. The SMILES string of the molecule is CC[S@](=O)[C@H]1CCC[C@@H](Nc2cccc(C#N)n2)C1. The molecule has 1 aromatic heterocycles. The smallest absolute Gasteiger partial charge is 0.142 e. The zero-order valence-electron chi connectivity index (χ0n) is 11.1. The molecule has 0 amide bonds. The van der Waals surface area contributed by atoms with Crippen molar-refractivity contribution < 1.29 is 4.21 Å². The molecular formula is C14H19N3OS. The third kappa shape index (κ3) is 3.77. The van der Waals surface area contributed by atoms with Gasteiger partial charge in [0, 0.05) is 27.8 Å². The van der Waals surface area contributed by atoms with Crippen molar-refractivity contribution in [3.63, 3.8) is 0 Å². The summed E-state index contributed by atoms with van der Waals surface area (Å²) < 4.78 is 11.9. The third-order valence-electron chi connectivity index (χ3n) is 3.50. The molecule has 0 bridgehead atoms. The topological polar surface area (TPSA) is 65.8 Å². The van der Waals surface area contributed by atoms with E-state index in [1.807, 2.05) is 25.1 Å². The van der Waals surface area contributed by atoms with E-state index in [1.165, 1.54) is 0 Å². The van der Waals surface area contributed by atoms with Crippen LogP contribution in [0.1, 0.15) is 38.3 Å². The molecule has 0 aromatic carbocycles. The molecule has 2 rings (SSSR count). The Hall–Kier alpha value is -1.41. The van der Waals surface area contributed by atoms with Crippen LogP contribution in [0.15, 0.2) is 18.2 Å². The van der Waals surface area contributed by atoms with Crippen LogP contribution in [-0.4, -0.2) is 26.2 Å². The number of nitrogens with zero attached hydrogens (tertiary/aromatic N) is 2. The van der Waals surface area contributed by atoms with Crippen LogP contribution in [0, 0.1) is 11.3 Å². The fourth-order valence-corrected chi connectivity index (χ4v) is 3.88. The van der Waals surface area contributed by atoms with Gasteiger partial charge in [-0.1, -0.05) is 19.4 Å². The summed E-state index contributed by atoms with van der Waals surface area (Å²) in [7, 11) is -0.711. The average molecular weight is 277 g/mol. The molecule has 102 valence electrons. The van der Waals surface area contributed by atoms with Crippen molar-refractivity contribution in [2.45, 2.75) is 43.9 Å². The number of pyridine rings is 1. The lowest BCUT2D eigenvalue weighted by Crippen LogP contribution is -2.33. The normalized spacial score (nSPS) is 24.4. The molecule has 19 heavy (non-hydrogen) atoms. The van der Waals surface area contributed by atoms with Crippen molar-refractivity contribution >= 4 is 16.6 Å². The summed E-state index contributed by atoms with van der Waals surface area (Å²) in [6.07, 6.45) is 4.17. The second-order valence-corrected chi connectivity index (χ2v) is 6.82. The van der Waals surface area contributed by atoms with Crippen LogP contribution >= 0.6 is 0 Å². The number of nitrogens with one attached hydrogen (secondary N) is 1. The van der Waals surface area contributed by atoms with E-state index in [0.717, 1.165) is 37.3 Å². The third-order valence-corrected chi connectivity index (χ3v) is 5.24. The van der Waals surface area contributed by atoms with Gasteiger partial charge in [0.15, 0.2) is 0 Å². The Bertz CT molecular complexity index is 498. The molecule has 0 aliphatic heterocycles. The molecule has 1 aliphatic rings. The first kappa shape index (κ1) is 14.0.